The van der Waals surface area contributed by atoms with Crippen molar-refractivity contribution in [3.8, 4) is 0 Å². The minimum atomic E-state index is -0.529. The van der Waals surface area contributed by atoms with Crippen LogP contribution in [-0.4, -0.2) is 13.7 Å². The average Bonchev–Trinajstić information content (AvgIpc) is 2.51. The number of aromatic nitrogens is 2. The highest BCUT2D eigenvalue weighted by Crippen LogP contribution is 2.32. The van der Waals surface area contributed by atoms with Gasteiger partial charge >= 0.3 is 5.69 Å². The van der Waals surface area contributed by atoms with Crippen LogP contribution >= 0.6 is 11.7 Å². The molecule has 0 unspecified atom stereocenters. The van der Waals surface area contributed by atoms with E-state index in [9.17, 15) is 10.1 Å². The molecule has 0 atom stereocenters. The van der Waals surface area contributed by atoms with E-state index < -0.39 is 4.92 Å². The summed E-state index contributed by atoms with van der Waals surface area (Å²) >= 11 is 0.947. The molecule has 2 N–H and O–H groups in total. The van der Waals surface area contributed by atoms with Crippen molar-refractivity contribution in [3.05, 3.63) is 21.7 Å². The normalized spacial score (nSPS) is 10.6. The minimum absolute atomic E-state index is 0.132. The van der Waals surface area contributed by atoms with Crippen LogP contribution in [0.15, 0.2) is 6.07 Å². The molecule has 0 aliphatic carbocycles. The quantitative estimate of drug-likeness (QED) is 0.437. The van der Waals surface area contributed by atoms with Gasteiger partial charge < -0.3 is 5.73 Å². The van der Waals surface area contributed by atoms with Crippen molar-refractivity contribution in [2.24, 2.45) is 0 Å². The first-order valence-corrected chi connectivity index (χ1v) is 4.50. The van der Waals surface area contributed by atoms with E-state index in [1.54, 1.807) is 13.0 Å². The molecule has 14 heavy (non-hydrogen) atoms. The van der Waals surface area contributed by atoms with Gasteiger partial charge in [0, 0.05) is 0 Å². The fourth-order valence-electron chi connectivity index (χ4n) is 1.30. The number of nitrogen functional groups attached to an aromatic ring is 1. The smallest absolute Gasteiger partial charge is 0.320 e. The topological polar surface area (TPSA) is 94.9 Å². The van der Waals surface area contributed by atoms with Crippen LogP contribution in [0.3, 0.4) is 0 Å². The monoisotopic (exact) mass is 210 g/mol. The molecule has 1 aromatic carbocycles. The molecule has 0 spiro atoms. The number of anilines is 1. The Labute approximate surface area is 82.8 Å². The Hall–Kier alpha value is -1.76. The molecule has 0 amide bonds. The van der Waals surface area contributed by atoms with Gasteiger partial charge in [0.2, 0.25) is 0 Å². The lowest BCUT2D eigenvalue weighted by Crippen LogP contribution is -1.97. The zero-order chi connectivity index (χ0) is 10.3. The van der Waals surface area contributed by atoms with Crippen LogP contribution in [0.5, 0.6) is 0 Å². The van der Waals surface area contributed by atoms with E-state index >= 15 is 0 Å². The Morgan fingerprint density at radius 3 is 2.79 bits per heavy atom. The first-order chi connectivity index (χ1) is 6.61. The van der Waals surface area contributed by atoms with Crippen molar-refractivity contribution in [2.45, 2.75) is 6.92 Å². The Morgan fingerprint density at radius 2 is 2.14 bits per heavy atom. The maximum absolute atomic E-state index is 10.7. The van der Waals surface area contributed by atoms with Gasteiger partial charge in [-0.15, -0.1) is 0 Å². The van der Waals surface area contributed by atoms with Gasteiger partial charge in [-0.3, -0.25) is 10.1 Å². The molecule has 2 rings (SSSR count). The summed E-state index contributed by atoms with van der Waals surface area (Å²) in [5.74, 6) is 0. The van der Waals surface area contributed by atoms with Crippen LogP contribution in [0.2, 0.25) is 0 Å². The van der Waals surface area contributed by atoms with Crippen molar-refractivity contribution >= 4 is 34.1 Å². The van der Waals surface area contributed by atoms with Gasteiger partial charge in [0.05, 0.1) is 16.7 Å². The Balaban J connectivity index is 2.93. The number of fused-ring (bicyclic) bond motifs is 1. The molecule has 6 nitrogen and oxygen atoms in total. The molecule has 1 heterocycles. The Kier molecular flexibility index (Phi) is 1.81. The second-order valence-electron chi connectivity index (χ2n) is 2.85. The zero-order valence-corrected chi connectivity index (χ0v) is 8.04. The van der Waals surface area contributed by atoms with Crippen LogP contribution in [-0.2, 0) is 0 Å². The van der Waals surface area contributed by atoms with Gasteiger partial charge in [0.15, 0.2) is 5.52 Å². The van der Waals surface area contributed by atoms with Gasteiger partial charge in [0.25, 0.3) is 0 Å². The number of hydrogen-bond donors (Lipinski definition) is 1. The summed E-state index contributed by atoms with van der Waals surface area (Å²) in [5.41, 5.74) is 7.15. The molecule has 0 bridgehead atoms. The van der Waals surface area contributed by atoms with Crippen molar-refractivity contribution < 1.29 is 4.92 Å². The lowest BCUT2D eigenvalue weighted by molar-refractivity contribution is -0.382. The van der Waals surface area contributed by atoms with E-state index in [4.69, 9.17) is 5.73 Å². The molecule has 0 saturated heterocycles. The van der Waals surface area contributed by atoms with Crippen LogP contribution < -0.4 is 5.73 Å². The molecule has 2 aromatic rings. The number of nitro groups is 1. The predicted molar refractivity (Wildman–Crippen MR) is 53.2 cm³/mol. The minimum Gasteiger partial charge on any atom is -0.393 e. The third-order valence-electron chi connectivity index (χ3n) is 1.91. The van der Waals surface area contributed by atoms with Gasteiger partial charge in [0.1, 0.15) is 11.2 Å². The molecular formula is C7H6N4O2S. The molecule has 0 saturated carbocycles. The zero-order valence-electron chi connectivity index (χ0n) is 7.22. The molecule has 7 heteroatoms. The van der Waals surface area contributed by atoms with Gasteiger partial charge in [-0.05, 0) is 18.6 Å². The number of benzene rings is 1. The van der Waals surface area contributed by atoms with E-state index in [1.165, 1.54) is 0 Å². The van der Waals surface area contributed by atoms with Crippen molar-refractivity contribution in [3.63, 3.8) is 0 Å². The van der Waals surface area contributed by atoms with E-state index in [0.29, 0.717) is 5.52 Å². The Bertz CT molecular complexity index is 522. The maximum Gasteiger partial charge on any atom is 0.320 e. The lowest BCUT2D eigenvalue weighted by atomic mass is 10.1. The van der Waals surface area contributed by atoms with Crippen molar-refractivity contribution in [1.29, 1.82) is 0 Å². The summed E-state index contributed by atoms with van der Waals surface area (Å²) in [6.07, 6.45) is 0. The highest BCUT2D eigenvalue weighted by Gasteiger charge is 2.21. The molecule has 0 fully saturated rings. The number of nitrogens with zero attached hydrogens (tertiary/aromatic N) is 3. The van der Waals surface area contributed by atoms with E-state index in [0.717, 1.165) is 17.3 Å². The standard InChI is InChI=1S/C7H6N4O2S/c1-3-2-4(8)7(11(12)13)6-5(3)9-14-10-6/h2H,8H2,1H3. The fraction of sp³-hybridized carbons (Fsp3) is 0.143. The van der Waals surface area contributed by atoms with Crippen LogP contribution in [0, 0.1) is 17.0 Å². The first-order valence-electron chi connectivity index (χ1n) is 3.77. The van der Waals surface area contributed by atoms with Gasteiger partial charge in [-0.1, -0.05) is 0 Å². The number of aryl methyl sites for hydroxylation is 1. The summed E-state index contributed by atoms with van der Waals surface area (Å²) in [7, 11) is 0. The SMILES string of the molecule is Cc1cc(N)c([N+](=O)[O-])c2nsnc12. The summed E-state index contributed by atoms with van der Waals surface area (Å²) in [5, 5.41) is 10.7. The fourth-order valence-corrected chi connectivity index (χ4v) is 1.91. The molecule has 72 valence electrons. The highest BCUT2D eigenvalue weighted by atomic mass is 32.1. The lowest BCUT2D eigenvalue weighted by Gasteiger charge is -1.99. The third kappa shape index (κ3) is 1.10. The third-order valence-corrected chi connectivity index (χ3v) is 2.44. The van der Waals surface area contributed by atoms with Crippen LogP contribution in [0.4, 0.5) is 11.4 Å². The Morgan fingerprint density at radius 1 is 1.50 bits per heavy atom. The first kappa shape index (κ1) is 8.82. The summed E-state index contributed by atoms with van der Waals surface area (Å²) in [6.45, 7) is 1.80. The number of hydrogen-bond acceptors (Lipinski definition) is 6. The molecule has 0 aliphatic rings. The largest absolute Gasteiger partial charge is 0.393 e. The number of nitrogens with two attached hydrogens (primary N) is 1. The molecule has 0 aliphatic heterocycles. The van der Waals surface area contributed by atoms with E-state index in [1.807, 2.05) is 0 Å². The van der Waals surface area contributed by atoms with Gasteiger partial charge in [-0.2, -0.15) is 8.75 Å². The van der Waals surface area contributed by atoms with Crippen molar-refractivity contribution in [2.75, 3.05) is 5.73 Å². The molecule has 1 aromatic heterocycles. The number of nitro benzene ring substituents is 1. The van der Waals surface area contributed by atoms with E-state index in [-0.39, 0.29) is 16.9 Å². The predicted octanol–water partition coefficient (Wildman–Crippen LogP) is 1.49. The summed E-state index contributed by atoms with van der Waals surface area (Å²) in [6, 6.07) is 1.54. The van der Waals surface area contributed by atoms with Crippen LogP contribution in [0.1, 0.15) is 5.56 Å². The van der Waals surface area contributed by atoms with E-state index in [2.05, 4.69) is 8.75 Å². The summed E-state index contributed by atoms with van der Waals surface area (Å²) in [4.78, 5) is 10.2. The van der Waals surface area contributed by atoms with Crippen LogP contribution in [0.25, 0.3) is 11.0 Å². The number of rotatable bonds is 1. The molecular weight excluding hydrogens is 204 g/mol. The summed E-state index contributed by atoms with van der Waals surface area (Å²) < 4.78 is 7.84. The average molecular weight is 210 g/mol. The van der Waals surface area contributed by atoms with Gasteiger partial charge in [-0.25, -0.2) is 0 Å². The highest BCUT2D eigenvalue weighted by molar-refractivity contribution is 7.00. The maximum atomic E-state index is 10.7. The second-order valence-corrected chi connectivity index (χ2v) is 3.38. The van der Waals surface area contributed by atoms with Crippen molar-refractivity contribution in [1.82, 2.24) is 8.75 Å². The molecule has 0 radical (unpaired) electrons. The second kappa shape index (κ2) is 2.88.